The number of hydrogen-bond donors (Lipinski definition) is 1. The fourth-order valence-electron chi connectivity index (χ4n) is 5.13. The SMILES string of the molecule is O=C(NC1CCN(Cc2cccnc2)C(I)C1)c1ccc(OC2CCN(c3ccc(C(F)(F)F)cc3)CC2)cn1. The summed E-state index contributed by atoms with van der Waals surface area (Å²) in [5, 5.41) is 3.13. The molecule has 1 amide bonds. The summed E-state index contributed by atoms with van der Waals surface area (Å²) in [4.78, 5) is 25.8. The quantitative estimate of drug-likeness (QED) is 0.199. The molecule has 0 radical (unpaired) electrons. The predicted octanol–water partition coefficient (Wildman–Crippen LogP) is 5.70. The molecule has 2 aromatic heterocycles. The minimum absolute atomic E-state index is 0.0235. The molecule has 2 saturated heterocycles. The molecule has 0 aliphatic carbocycles. The van der Waals surface area contributed by atoms with E-state index in [9.17, 15) is 18.0 Å². The van der Waals surface area contributed by atoms with Gasteiger partial charge in [0, 0.05) is 63.1 Å². The van der Waals surface area contributed by atoms with Crippen LogP contribution in [0.25, 0.3) is 0 Å². The Kier molecular flexibility index (Phi) is 9.09. The molecule has 2 aliphatic heterocycles. The zero-order chi connectivity index (χ0) is 28.1. The van der Waals surface area contributed by atoms with E-state index in [4.69, 9.17) is 4.74 Å². The molecule has 1 N–H and O–H groups in total. The second-order valence-electron chi connectivity index (χ2n) is 10.2. The number of likely N-dealkylation sites (tertiary alicyclic amines) is 1. The molecule has 3 aromatic rings. The number of aromatic nitrogens is 2. The highest BCUT2D eigenvalue weighted by Gasteiger charge is 2.31. The Morgan fingerprint density at radius 2 is 1.80 bits per heavy atom. The Balaban J connectivity index is 1.06. The second-order valence-corrected chi connectivity index (χ2v) is 11.6. The monoisotopic (exact) mass is 665 g/mol. The maximum Gasteiger partial charge on any atom is 0.416 e. The Labute approximate surface area is 245 Å². The molecule has 2 atom stereocenters. The van der Waals surface area contributed by atoms with E-state index in [1.165, 1.54) is 17.7 Å². The van der Waals surface area contributed by atoms with Crippen LogP contribution in [0, 0.1) is 0 Å². The molecular weight excluding hydrogens is 634 g/mol. The summed E-state index contributed by atoms with van der Waals surface area (Å²) >= 11 is 2.44. The van der Waals surface area contributed by atoms with E-state index in [-0.39, 0.29) is 18.1 Å². The molecule has 5 rings (SSSR count). The lowest BCUT2D eigenvalue weighted by atomic mass is 10.0. The molecule has 0 spiro atoms. The van der Waals surface area contributed by atoms with E-state index in [2.05, 4.69) is 53.7 Å². The van der Waals surface area contributed by atoms with Gasteiger partial charge < -0.3 is 15.0 Å². The Morgan fingerprint density at radius 1 is 1.02 bits per heavy atom. The van der Waals surface area contributed by atoms with Crippen molar-refractivity contribution in [3.05, 3.63) is 83.9 Å². The van der Waals surface area contributed by atoms with Gasteiger partial charge in [-0.15, -0.1) is 0 Å². The van der Waals surface area contributed by atoms with Gasteiger partial charge in [-0.25, -0.2) is 4.98 Å². The van der Waals surface area contributed by atoms with Crippen LogP contribution in [0.1, 0.15) is 47.3 Å². The molecule has 1 aromatic carbocycles. The van der Waals surface area contributed by atoms with E-state index in [0.717, 1.165) is 56.6 Å². The highest BCUT2D eigenvalue weighted by Crippen LogP contribution is 2.31. The molecule has 4 heterocycles. The first-order valence-corrected chi connectivity index (χ1v) is 14.6. The third kappa shape index (κ3) is 7.42. The number of carbonyl (C=O) groups is 1. The van der Waals surface area contributed by atoms with Crippen LogP contribution in [-0.4, -0.2) is 56.6 Å². The fraction of sp³-hybridized carbons (Fsp3) is 0.414. The first kappa shape index (κ1) is 28.6. The number of rotatable bonds is 7. The largest absolute Gasteiger partial charge is 0.489 e. The molecule has 2 unspecified atom stereocenters. The van der Waals surface area contributed by atoms with Crippen LogP contribution in [0.15, 0.2) is 67.1 Å². The van der Waals surface area contributed by atoms with Crippen LogP contribution in [-0.2, 0) is 12.7 Å². The number of ether oxygens (including phenoxy) is 1. The third-order valence-electron chi connectivity index (χ3n) is 7.36. The lowest BCUT2D eigenvalue weighted by Gasteiger charge is -2.36. The van der Waals surface area contributed by atoms with Gasteiger partial charge >= 0.3 is 6.18 Å². The number of benzene rings is 1. The van der Waals surface area contributed by atoms with Gasteiger partial charge in [0.15, 0.2) is 0 Å². The first-order chi connectivity index (χ1) is 19.2. The van der Waals surface area contributed by atoms with Crippen LogP contribution in [0.4, 0.5) is 18.9 Å². The Hall–Kier alpha value is -2.93. The van der Waals surface area contributed by atoms with E-state index in [1.54, 1.807) is 24.5 Å². The number of halogens is 4. The Bertz CT molecular complexity index is 1250. The van der Waals surface area contributed by atoms with E-state index in [1.807, 2.05) is 12.3 Å². The molecule has 2 fully saturated rings. The summed E-state index contributed by atoms with van der Waals surface area (Å²) < 4.78 is 44.9. The minimum Gasteiger partial charge on any atom is -0.489 e. The number of alkyl halides is 4. The highest BCUT2D eigenvalue weighted by atomic mass is 127. The lowest BCUT2D eigenvalue weighted by molar-refractivity contribution is -0.137. The standard InChI is InChI=1S/C29H31F3IN5O2/c30-29(31,32)21-3-5-23(6-4-21)37-14-10-24(11-15-37)40-25-7-8-26(35-18-25)28(39)36-22-9-13-38(27(33)16-22)19-20-2-1-12-34-17-20/h1-8,12,17-18,22,24,27H,9-11,13-16,19H2,(H,36,39). The van der Waals surface area contributed by atoms with Gasteiger partial charge in [0.1, 0.15) is 17.5 Å². The number of nitrogens with zero attached hydrogens (tertiary/aromatic N) is 4. The van der Waals surface area contributed by atoms with Crippen LogP contribution >= 0.6 is 22.6 Å². The number of carbonyl (C=O) groups excluding carboxylic acids is 1. The molecule has 7 nitrogen and oxygen atoms in total. The number of hydrogen-bond acceptors (Lipinski definition) is 6. The summed E-state index contributed by atoms with van der Waals surface area (Å²) in [6, 6.07) is 12.8. The smallest absolute Gasteiger partial charge is 0.416 e. The van der Waals surface area contributed by atoms with E-state index >= 15 is 0 Å². The average Bonchev–Trinajstić information content (AvgIpc) is 2.95. The predicted molar refractivity (Wildman–Crippen MR) is 154 cm³/mol. The first-order valence-electron chi connectivity index (χ1n) is 13.4. The molecule has 0 bridgehead atoms. The van der Waals surface area contributed by atoms with Gasteiger partial charge in [0.25, 0.3) is 5.91 Å². The van der Waals surface area contributed by atoms with Crippen molar-refractivity contribution < 1.29 is 22.7 Å². The number of amides is 1. The van der Waals surface area contributed by atoms with Gasteiger partial charge in [0.2, 0.25) is 0 Å². The number of nitrogens with one attached hydrogen (secondary N) is 1. The van der Waals surface area contributed by atoms with Crippen molar-refractivity contribution in [1.82, 2.24) is 20.2 Å². The van der Waals surface area contributed by atoms with Gasteiger partial charge in [-0.3, -0.25) is 14.7 Å². The van der Waals surface area contributed by atoms with Crippen molar-refractivity contribution in [2.24, 2.45) is 0 Å². The summed E-state index contributed by atoms with van der Waals surface area (Å²) in [5.74, 6) is 0.409. The van der Waals surface area contributed by atoms with Crippen LogP contribution in [0.5, 0.6) is 5.75 Å². The zero-order valence-electron chi connectivity index (χ0n) is 21.9. The van der Waals surface area contributed by atoms with Crippen molar-refractivity contribution in [3.63, 3.8) is 0 Å². The molecule has 11 heteroatoms. The van der Waals surface area contributed by atoms with Gasteiger partial charge in [-0.1, -0.05) is 28.7 Å². The normalized spacial score (nSPS) is 20.8. The van der Waals surface area contributed by atoms with Gasteiger partial charge in [0.05, 0.1) is 15.8 Å². The lowest BCUT2D eigenvalue weighted by Crippen LogP contribution is -2.47. The van der Waals surface area contributed by atoms with Gasteiger partial charge in [-0.05, 0) is 60.9 Å². The average molecular weight is 665 g/mol. The van der Waals surface area contributed by atoms with Crippen LogP contribution in [0.3, 0.4) is 0 Å². The van der Waals surface area contributed by atoms with Crippen molar-refractivity contribution in [2.45, 2.75) is 54.6 Å². The van der Waals surface area contributed by atoms with Crippen molar-refractivity contribution in [3.8, 4) is 5.75 Å². The summed E-state index contributed by atoms with van der Waals surface area (Å²) in [6.07, 6.45) is 4.09. The molecule has 40 heavy (non-hydrogen) atoms. The van der Waals surface area contributed by atoms with Crippen molar-refractivity contribution >= 4 is 34.2 Å². The Morgan fingerprint density at radius 3 is 2.42 bits per heavy atom. The highest BCUT2D eigenvalue weighted by molar-refractivity contribution is 14.1. The van der Waals surface area contributed by atoms with Gasteiger partial charge in [-0.2, -0.15) is 13.2 Å². The summed E-state index contributed by atoms with van der Waals surface area (Å²) in [7, 11) is 0. The summed E-state index contributed by atoms with van der Waals surface area (Å²) in [6.45, 7) is 3.11. The number of pyridine rings is 2. The van der Waals surface area contributed by atoms with Crippen LogP contribution < -0.4 is 15.0 Å². The molecule has 0 saturated carbocycles. The molecular formula is C29H31F3IN5O2. The minimum atomic E-state index is -4.33. The topological polar surface area (TPSA) is 70.6 Å². The fourth-order valence-corrected chi connectivity index (χ4v) is 6.22. The third-order valence-corrected chi connectivity index (χ3v) is 8.65. The molecule has 212 valence electrons. The van der Waals surface area contributed by atoms with Crippen molar-refractivity contribution in [2.75, 3.05) is 24.5 Å². The maximum absolute atomic E-state index is 12.8. The summed E-state index contributed by atoms with van der Waals surface area (Å²) in [5.41, 5.74) is 1.67. The van der Waals surface area contributed by atoms with Crippen LogP contribution in [0.2, 0.25) is 0 Å². The maximum atomic E-state index is 12.8. The van der Waals surface area contributed by atoms with Crippen molar-refractivity contribution in [1.29, 1.82) is 0 Å². The van der Waals surface area contributed by atoms with E-state index in [0.29, 0.717) is 28.6 Å². The molecule has 2 aliphatic rings. The number of anilines is 1. The zero-order valence-corrected chi connectivity index (χ0v) is 24.0. The second kappa shape index (κ2) is 12.7. The number of piperidine rings is 2. The van der Waals surface area contributed by atoms with E-state index < -0.39 is 11.7 Å².